The molecular formula is C12H13BrClN3. The van der Waals surface area contributed by atoms with Crippen LogP contribution in [0.5, 0.6) is 0 Å². The molecule has 1 aliphatic rings. The van der Waals surface area contributed by atoms with Crippen molar-refractivity contribution in [2.24, 2.45) is 21.9 Å². The molecule has 3 nitrogen and oxygen atoms in total. The first-order valence-electron chi connectivity index (χ1n) is 5.47. The Morgan fingerprint density at radius 3 is 2.88 bits per heavy atom. The normalized spacial score (nSPS) is 19.8. The first kappa shape index (κ1) is 12.6. The third-order valence-corrected chi connectivity index (χ3v) is 3.72. The van der Waals surface area contributed by atoms with Crippen LogP contribution in [0.15, 0.2) is 32.9 Å². The first-order valence-corrected chi connectivity index (χ1v) is 6.64. The fraction of sp³-hybridized carbons (Fsp3) is 0.333. The van der Waals surface area contributed by atoms with Gasteiger partial charge in [0.1, 0.15) is 5.84 Å². The Balaban J connectivity index is 2.44. The molecule has 2 N–H and O–H groups in total. The molecule has 0 saturated carbocycles. The number of benzene rings is 1. The van der Waals surface area contributed by atoms with Crippen LogP contribution < -0.4 is 5.73 Å². The number of amidine groups is 1. The Bertz CT molecular complexity index is 497. The van der Waals surface area contributed by atoms with Gasteiger partial charge in [-0.3, -0.25) is 0 Å². The monoisotopic (exact) mass is 313 g/mol. The number of hydrogen-bond donors (Lipinski definition) is 1. The van der Waals surface area contributed by atoms with Crippen LogP contribution in [0.4, 0.5) is 0 Å². The van der Waals surface area contributed by atoms with E-state index >= 15 is 0 Å². The van der Waals surface area contributed by atoms with Crippen LogP contribution in [0.25, 0.3) is 0 Å². The third-order valence-electron chi connectivity index (χ3n) is 2.83. The second-order valence-electron chi connectivity index (χ2n) is 4.01. The summed E-state index contributed by atoms with van der Waals surface area (Å²) in [6.07, 6.45) is 1.76. The highest BCUT2D eigenvalue weighted by Crippen LogP contribution is 2.28. The van der Waals surface area contributed by atoms with E-state index in [4.69, 9.17) is 17.3 Å². The third kappa shape index (κ3) is 2.69. The fourth-order valence-corrected chi connectivity index (χ4v) is 2.78. The van der Waals surface area contributed by atoms with Crippen molar-refractivity contribution in [3.63, 3.8) is 0 Å². The summed E-state index contributed by atoms with van der Waals surface area (Å²) in [5, 5.41) is 8.91. The van der Waals surface area contributed by atoms with Crippen molar-refractivity contribution >= 4 is 39.1 Å². The zero-order valence-corrected chi connectivity index (χ0v) is 11.8. The van der Waals surface area contributed by atoms with Gasteiger partial charge in [0.05, 0.1) is 5.71 Å². The number of nitrogens with two attached hydrogens (primary N) is 1. The molecule has 0 fully saturated rings. The van der Waals surface area contributed by atoms with Gasteiger partial charge in [-0.25, -0.2) is 0 Å². The molecule has 90 valence electrons. The molecule has 1 atom stereocenters. The van der Waals surface area contributed by atoms with Crippen LogP contribution in [0.2, 0.25) is 5.02 Å². The molecule has 2 rings (SSSR count). The lowest BCUT2D eigenvalue weighted by atomic mass is 9.90. The van der Waals surface area contributed by atoms with Crippen molar-refractivity contribution in [1.82, 2.24) is 0 Å². The minimum atomic E-state index is 0.324. The molecule has 1 aliphatic heterocycles. The van der Waals surface area contributed by atoms with Gasteiger partial charge in [0, 0.05) is 27.4 Å². The molecule has 1 unspecified atom stereocenters. The van der Waals surface area contributed by atoms with Gasteiger partial charge in [-0.15, -0.1) is 5.10 Å². The summed E-state index contributed by atoms with van der Waals surface area (Å²) in [6.45, 7) is 2.13. The minimum absolute atomic E-state index is 0.324. The van der Waals surface area contributed by atoms with E-state index in [0.29, 0.717) is 16.8 Å². The van der Waals surface area contributed by atoms with Crippen LogP contribution in [0.3, 0.4) is 0 Å². The molecule has 0 bridgehead atoms. The van der Waals surface area contributed by atoms with E-state index in [1.165, 1.54) is 0 Å². The molecule has 0 amide bonds. The maximum atomic E-state index is 5.93. The van der Waals surface area contributed by atoms with Crippen molar-refractivity contribution in [3.8, 4) is 0 Å². The Kier molecular flexibility index (Phi) is 3.84. The molecule has 0 aliphatic carbocycles. The van der Waals surface area contributed by atoms with Crippen LogP contribution in [-0.2, 0) is 0 Å². The summed E-state index contributed by atoms with van der Waals surface area (Å²) < 4.78 is 0.942. The summed E-state index contributed by atoms with van der Waals surface area (Å²) in [5.41, 5.74) is 7.73. The average Bonchev–Trinajstić information content (AvgIpc) is 2.30. The maximum Gasteiger partial charge on any atom is 0.123 e. The quantitative estimate of drug-likeness (QED) is 0.891. The van der Waals surface area contributed by atoms with Gasteiger partial charge in [0.15, 0.2) is 0 Å². The number of halogens is 2. The largest absolute Gasteiger partial charge is 0.386 e. The lowest BCUT2D eigenvalue weighted by Crippen LogP contribution is -2.27. The molecule has 0 radical (unpaired) electrons. The van der Waals surface area contributed by atoms with Crippen molar-refractivity contribution in [1.29, 1.82) is 0 Å². The average molecular weight is 315 g/mol. The highest BCUT2D eigenvalue weighted by molar-refractivity contribution is 9.10. The summed E-state index contributed by atoms with van der Waals surface area (Å²) in [7, 11) is 0. The Morgan fingerprint density at radius 2 is 2.24 bits per heavy atom. The van der Waals surface area contributed by atoms with E-state index in [2.05, 4.69) is 33.1 Å². The van der Waals surface area contributed by atoms with Crippen LogP contribution >= 0.6 is 27.5 Å². The van der Waals surface area contributed by atoms with Gasteiger partial charge in [0.2, 0.25) is 0 Å². The smallest absolute Gasteiger partial charge is 0.123 e. The molecule has 17 heavy (non-hydrogen) atoms. The fourth-order valence-electron chi connectivity index (χ4n) is 1.90. The van der Waals surface area contributed by atoms with Gasteiger partial charge in [-0.2, -0.15) is 5.10 Å². The molecule has 1 aromatic carbocycles. The standard InChI is InChI=1S/C12H13BrClN3/c1-2-7-5-11(15)16-17-12(7)9-4-3-8(14)6-10(9)13/h3-4,6-7H,2,5H2,1H3,(H2,15,16). The molecule has 1 aromatic rings. The number of nitrogens with zero attached hydrogens (tertiary/aromatic N) is 2. The molecule has 0 saturated heterocycles. The molecule has 5 heteroatoms. The summed E-state index contributed by atoms with van der Waals surface area (Å²) in [5.74, 6) is 0.927. The van der Waals surface area contributed by atoms with Gasteiger partial charge in [0.25, 0.3) is 0 Å². The molecule has 0 aromatic heterocycles. The van der Waals surface area contributed by atoms with Crippen LogP contribution in [-0.4, -0.2) is 11.5 Å². The lowest BCUT2D eigenvalue weighted by Gasteiger charge is -2.20. The predicted molar refractivity (Wildman–Crippen MR) is 75.7 cm³/mol. The van der Waals surface area contributed by atoms with Crippen LogP contribution in [0.1, 0.15) is 25.3 Å². The Hall–Kier alpha value is -0.870. The zero-order valence-electron chi connectivity index (χ0n) is 9.45. The van der Waals surface area contributed by atoms with Gasteiger partial charge < -0.3 is 5.73 Å². The SMILES string of the molecule is CCC1CC(N)=NN=C1c1ccc(Cl)cc1Br. The second-order valence-corrected chi connectivity index (χ2v) is 5.30. The highest BCUT2D eigenvalue weighted by atomic mass is 79.9. The molecule has 0 spiro atoms. The lowest BCUT2D eigenvalue weighted by molar-refractivity contribution is 0.676. The van der Waals surface area contributed by atoms with E-state index in [0.717, 1.165) is 28.6 Å². The van der Waals surface area contributed by atoms with E-state index < -0.39 is 0 Å². The second kappa shape index (κ2) is 5.19. The van der Waals surface area contributed by atoms with Crippen molar-refractivity contribution in [2.45, 2.75) is 19.8 Å². The van der Waals surface area contributed by atoms with E-state index in [-0.39, 0.29) is 0 Å². The van der Waals surface area contributed by atoms with Gasteiger partial charge >= 0.3 is 0 Å². The Labute approximate surface area is 114 Å². The van der Waals surface area contributed by atoms with E-state index in [1.54, 1.807) is 0 Å². The summed E-state index contributed by atoms with van der Waals surface area (Å²) in [6, 6.07) is 5.69. The predicted octanol–water partition coefficient (Wildman–Crippen LogP) is 3.59. The van der Waals surface area contributed by atoms with Crippen molar-refractivity contribution in [3.05, 3.63) is 33.3 Å². The molecular weight excluding hydrogens is 302 g/mol. The van der Waals surface area contributed by atoms with Gasteiger partial charge in [-0.1, -0.05) is 40.5 Å². The van der Waals surface area contributed by atoms with E-state index in [1.807, 2.05) is 18.2 Å². The van der Waals surface area contributed by atoms with Crippen molar-refractivity contribution in [2.75, 3.05) is 0 Å². The Morgan fingerprint density at radius 1 is 1.47 bits per heavy atom. The summed E-state index contributed by atoms with van der Waals surface area (Å²) >= 11 is 9.44. The minimum Gasteiger partial charge on any atom is -0.386 e. The van der Waals surface area contributed by atoms with E-state index in [9.17, 15) is 0 Å². The highest BCUT2D eigenvalue weighted by Gasteiger charge is 2.22. The van der Waals surface area contributed by atoms with Crippen LogP contribution in [0, 0.1) is 5.92 Å². The van der Waals surface area contributed by atoms with Crippen molar-refractivity contribution < 1.29 is 0 Å². The maximum absolute atomic E-state index is 5.93. The first-order chi connectivity index (χ1) is 8.11. The summed E-state index contributed by atoms with van der Waals surface area (Å²) in [4.78, 5) is 0. The topological polar surface area (TPSA) is 50.7 Å². The van der Waals surface area contributed by atoms with Gasteiger partial charge in [-0.05, 0) is 18.6 Å². The number of hydrogen-bond acceptors (Lipinski definition) is 3. The molecule has 1 heterocycles. The number of rotatable bonds is 2. The zero-order chi connectivity index (χ0) is 12.4.